The number of aromatic amines is 1. The molecule has 1 aromatic heterocycles. The van der Waals surface area contributed by atoms with E-state index in [1.54, 1.807) is 25.3 Å². The monoisotopic (exact) mass is 357 g/mol. The Morgan fingerprint density at radius 2 is 1.92 bits per heavy atom. The summed E-state index contributed by atoms with van der Waals surface area (Å²) >= 11 is 1.47. The molecule has 0 radical (unpaired) electrons. The minimum absolute atomic E-state index is 0.250. The van der Waals surface area contributed by atoms with Gasteiger partial charge < -0.3 is 15.5 Å². The van der Waals surface area contributed by atoms with Gasteiger partial charge in [-0.25, -0.2) is 4.98 Å². The van der Waals surface area contributed by atoms with Gasteiger partial charge in [-0.2, -0.15) is 10.5 Å². The summed E-state index contributed by atoms with van der Waals surface area (Å²) in [4.78, 5) is 17.3. The fourth-order valence-electron chi connectivity index (χ4n) is 1.99. The van der Waals surface area contributed by atoms with Gasteiger partial charge in [-0.05, 0) is 24.6 Å². The summed E-state index contributed by atoms with van der Waals surface area (Å²) in [6.45, 7) is 2.67. The molecule has 0 spiro atoms. The van der Waals surface area contributed by atoms with Crippen LogP contribution in [0.5, 0.6) is 0 Å². The molecule has 1 aromatic carbocycles. The molecule has 0 unspecified atom stereocenters. The van der Waals surface area contributed by atoms with E-state index in [1.807, 2.05) is 0 Å². The maximum atomic E-state index is 9.05. The number of carbonyl (C=O) groups is 1. The fourth-order valence-corrected chi connectivity index (χ4v) is 3.05. The number of rotatable bonds is 6. The molecule has 0 saturated heterocycles. The van der Waals surface area contributed by atoms with E-state index in [0.29, 0.717) is 17.7 Å². The number of primary amides is 1. The summed E-state index contributed by atoms with van der Waals surface area (Å²) in [7, 11) is 1.66. The molecule has 130 valence electrons. The molecule has 25 heavy (non-hydrogen) atoms. The average Bonchev–Trinajstić information content (AvgIpc) is 3.01. The van der Waals surface area contributed by atoms with Gasteiger partial charge in [-0.1, -0.05) is 18.7 Å². The van der Waals surface area contributed by atoms with Crippen LogP contribution in [0.25, 0.3) is 0 Å². The van der Waals surface area contributed by atoms with Crippen LogP contribution in [0.3, 0.4) is 0 Å². The van der Waals surface area contributed by atoms with Crippen molar-refractivity contribution in [2.75, 3.05) is 13.7 Å². The van der Waals surface area contributed by atoms with Crippen LogP contribution in [0, 0.1) is 22.7 Å². The van der Waals surface area contributed by atoms with E-state index in [-0.39, 0.29) is 6.41 Å². The van der Waals surface area contributed by atoms with Crippen LogP contribution in [0.4, 0.5) is 0 Å². The Bertz CT molecular complexity index is 757. The third-order valence-corrected chi connectivity index (χ3v) is 4.07. The number of aryl methyl sites for hydroxylation is 1. The lowest BCUT2D eigenvalue weighted by atomic mass is 10.1. The van der Waals surface area contributed by atoms with Crippen molar-refractivity contribution in [3.63, 3.8) is 0 Å². The van der Waals surface area contributed by atoms with Gasteiger partial charge >= 0.3 is 0 Å². The summed E-state index contributed by atoms with van der Waals surface area (Å²) in [5, 5.41) is 19.0. The maximum absolute atomic E-state index is 9.05. The van der Waals surface area contributed by atoms with E-state index >= 15 is 0 Å². The van der Waals surface area contributed by atoms with E-state index < -0.39 is 0 Å². The van der Waals surface area contributed by atoms with E-state index in [0.717, 1.165) is 34.3 Å². The zero-order valence-electron chi connectivity index (χ0n) is 14.1. The van der Waals surface area contributed by atoms with Crippen LogP contribution in [-0.2, 0) is 22.4 Å². The third-order valence-electron chi connectivity index (χ3n) is 3.07. The SMILES string of the molecule is CCc1[nH]c(CCOC)nc1Sc1cc(C#N)cc(C#N)c1.NC=O. The number of hydrogen-bond donors (Lipinski definition) is 2. The third kappa shape index (κ3) is 6.30. The number of ether oxygens (including phenoxy) is 1. The van der Waals surface area contributed by atoms with Crippen LogP contribution < -0.4 is 5.73 Å². The van der Waals surface area contributed by atoms with E-state index in [9.17, 15) is 0 Å². The molecule has 0 bridgehead atoms. The Morgan fingerprint density at radius 1 is 1.32 bits per heavy atom. The molecular formula is C17H19N5O2S. The number of H-pyrrole nitrogens is 1. The maximum Gasteiger partial charge on any atom is 0.204 e. The van der Waals surface area contributed by atoms with Gasteiger partial charge in [-0.3, -0.25) is 4.79 Å². The predicted octanol–water partition coefficient (Wildman–Crippen LogP) is 2.16. The van der Waals surface area contributed by atoms with Crippen molar-refractivity contribution in [3.8, 4) is 12.1 Å². The van der Waals surface area contributed by atoms with Crippen LogP contribution in [-0.4, -0.2) is 30.1 Å². The van der Waals surface area contributed by atoms with Crippen molar-refractivity contribution in [3.05, 3.63) is 40.8 Å². The number of hydrogen-bond acceptors (Lipinski definition) is 6. The number of benzene rings is 1. The Hall–Kier alpha value is -2.81. The number of nitrogens with zero attached hydrogens (tertiary/aromatic N) is 3. The summed E-state index contributed by atoms with van der Waals surface area (Å²) in [5.41, 5.74) is 6.18. The minimum atomic E-state index is 0.250. The van der Waals surface area contributed by atoms with Crippen LogP contribution in [0.15, 0.2) is 28.1 Å². The molecule has 1 amide bonds. The minimum Gasteiger partial charge on any atom is -0.384 e. The van der Waals surface area contributed by atoms with Gasteiger partial charge in [0.1, 0.15) is 10.9 Å². The molecule has 0 atom stereocenters. The number of methoxy groups -OCH3 is 1. The van der Waals surface area contributed by atoms with Gasteiger partial charge in [0.15, 0.2) is 0 Å². The zero-order valence-corrected chi connectivity index (χ0v) is 14.9. The largest absolute Gasteiger partial charge is 0.384 e. The molecule has 0 aliphatic carbocycles. The second-order valence-electron chi connectivity index (χ2n) is 4.77. The first-order valence-electron chi connectivity index (χ1n) is 7.46. The Balaban J connectivity index is 0.000000970. The number of amides is 1. The van der Waals surface area contributed by atoms with Crippen molar-refractivity contribution in [2.24, 2.45) is 5.73 Å². The molecule has 1 heterocycles. The standard InChI is InChI=1S/C16H16N4OS.CH3NO/c1-3-14-16(20-15(19-14)4-5-21-2)22-13-7-11(9-17)6-12(8-13)10-18;2-1-3/h6-8H,3-5H2,1-2H3,(H,19,20);1H,(H2,2,3). The summed E-state index contributed by atoms with van der Waals surface area (Å²) in [6, 6.07) is 9.29. The first-order chi connectivity index (χ1) is 12.1. The van der Waals surface area contributed by atoms with Crippen LogP contribution in [0.1, 0.15) is 29.6 Å². The smallest absolute Gasteiger partial charge is 0.204 e. The molecular weight excluding hydrogens is 338 g/mol. The van der Waals surface area contributed by atoms with Gasteiger partial charge in [0.2, 0.25) is 6.41 Å². The van der Waals surface area contributed by atoms with E-state index in [1.165, 1.54) is 11.8 Å². The van der Waals surface area contributed by atoms with E-state index in [4.69, 9.17) is 20.1 Å². The predicted molar refractivity (Wildman–Crippen MR) is 93.8 cm³/mol. The molecule has 0 fully saturated rings. The number of imidazole rings is 1. The molecule has 7 nitrogen and oxygen atoms in total. The number of carbonyl (C=O) groups excluding carboxylic acids is 1. The lowest BCUT2D eigenvalue weighted by Crippen LogP contribution is -1.96. The number of aromatic nitrogens is 2. The number of nitrogens with one attached hydrogen (secondary N) is 1. The highest BCUT2D eigenvalue weighted by Crippen LogP contribution is 2.30. The average molecular weight is 357 g/mol. The topological polar surface area (TPSA) is 129 Å². The normalized spacial score (nSPS) is 9.44. The highest BCUT2D eigenvalue weighted by Gasteiger charge is 2.11. The van der Waals surface area contributed by atoms with Gasteiger partial charge in [0, 0.05) is 24.1 Å². The van der Waals surface area contributed by atoms with Crippen molar-refractivity contribution < 1.29 is 9.53 Å². The molecule has 8 heteroatoms. The fraction of sp³-hybridized carbons (Fsp3) is 0.294. The summed E-state index contributed by atoms with van der Waals surface area (Å²) in [6.07, 6.45) is 1.82. The van der Waals surface area contributed by atoms with Crippen molar-refractivity contribution in [1.29, 1.82) is 10.5 Å². The Labute approximate surface area is 150 Å². The Kier molecular flexibility index (Phi) is 8.80. The van der Waals surface area contributed by atoms with Gasteiger partial charge in [0.05, 0.1) is 29.9 Å². The number of nitriles is 2. The molecule has 2 rings (SSSR count). The Morgan fingerprint density at radius 3 is 2.40 bits per heavy atom. The molecule has 0 aliphatic rings. The first-order valence-corrected chi connectivity index (χ1v) is 8.28. The zero-order chi connectivity index (χ0) is 18.7. The van der Waals surface area contributed by atoms with Crippen molar-refractivity contribution in [2.45, 2.75) is 29.7 Å². The van der Waals surface area contributed by atoms with Crippen LogP contribution in [0.2, 0.25) is 0 Å². The quantitative estimate of drug-likeness (QED) is 0.762. The summed E-state index contributed by atoms with van der Waals surface area (Å²) in [5.74, 6) is 0.887. The van der Waals surface area contributed by atoms with Crippen LogP contribution >= 0.6 is 11.8 Å². The molecule has 0 aliphatic heterocycles. The van der Waals surface area contributed by atoms with E-state index in [2.05, 4.69) is 34.8 Å². The first kappa shape index (κ1) is 20.2. The second-order valence-corrected chi connectivity index (χ2v) is 5.83. The van der Waals surface area contributed by atoms with Gasteiger partial charge in [-0.15, -0.1) is 0 Å². The lowest BCUT2D eigenvalue weighted by molar-refractivity contribution is -0.106. The molecule has 0 saturated carbocycles. The highest BCUT2D eigenvalue weighted by atomic mass is 32.2. The lowest BCUT2D eigenvalue weighted by Gasteiger charge is -2.02. The number of nitrogens with two attached hydrogens (primary N) is 1. The second kappa shape index (κ2) is 10.9. The van der Waals surface area contributed by atoms with Crippen molar-refractivity contribution in [1.82, 2.24) is 9.97 Å². The summed E-state index contributed by atoms with van der Waals surface area (Å²) < 4.78 is 5.07. The van der Waals surface area contributed by atoms with Crippen molar-refractivity contribution >= 4 is 18.2 Å². The molecule has 2 aromatic rings. The van der Waals surface area contributed by atoms with Gasteiger partial charge in [0.25, 0.3) is 0 Å². The highest BCUT2D eigenvalue weighted by molar-refractivity contribution is 7.99. The molecule has 3 N–H and O–H groups in total.